The maximum Gasteiger partial charge on any atom is 0.416 e. The highest BCUT2D eigenvalue weighted by Gasteiger charge is 2.30. The molecule has 1 atom stereocenters. The van der Waals surface area contributed by atoms with Gasteiger partial charge in [-0.1, -0.05) is 36.5 Å². The minimum atomic E-state index is -4.38. The van der Waals surface area contributed by atoms with Crippen molar-refractivity contribution in [2.24, 2.45) is 0 Å². The number of carbonyl (C=O) groups excluding carboxylic acids is 1. The van der Waals surface area contributed by atoms with Crippen LogP contribution in [0.1, 0.15) is 32.3 Å². The van der Waals surface area contributed by atoms with E-state index in [0.717, 1.165) is 12.1 Å². The average Bonchev–Trinajstić information content (AvgIpc) is 2.59. The number of ether oxygens (including phenoxy) is 1. The molecule has 0 saturated carbocycles. The van der Waals surface area contributed by atoms with Crippen LogP contribution in [0.3, 0.4) is 0 Å². The summed E-state index contributed by atoms with van der Waals surface area (Å²) >= 11 is 9.76. The van der Waals surface area contributed by atoms with Gasteiger partial charge in [-0.05, 0) is 35.4 Å². The molecule has 0 radical (unpaired) electrons. The van der Waals surface area contributed by atoms with Crippen molar-refractivity contribution in [3.8, 4) is 0 Å². The number of alkyl halides is 3. The second-order valence-corrected chi connectivity index (χ2v) is 5.91. The lowest BCUT2D eigenvalue weighted by molar-refractivity contribution is -0.137. The summed E-state index contributed by atoms with van der Waals surface area (Å²) in [5.41, 5.74) is 0.889. The molecule has 2 aromatic carbocycles. The lowest BCUT2D eigenvalue weighted by Crippen LogP contribution is -2.09. The maximum atomic E-state index is 12.6. The summed E-state index contributed by atoms with van der Waals surface area (Å²) in [5, 5.41) is -0.536. The molecule has 1 unspecified atom stereocenters. The largest absolute Gasteiger partial charge is 0.465 e. The molecule has 0 amide bonds. The van der Waals surface area contributed by atoms with Crippen LogP contribution in [-0.2, 0) is 10.9 Å². The Kier molecular flexibility index (Phi) is 5.66. The number of hydrogen-bond donors (Lipinski definition) is 1. The second kappa shape index (κ2) is 7.36. The quantitative estimate of drug-likeness (QED) is 0.360. The number of thiocarbonyl (C=S) groups is 1. The van der Waals surface area contributed by atoms with Gasteiger partial charge in [0.2, 0.25) is 0 Å². The minimum Gasteiger partial charge on any atom is -0.465 e. The van der Waals surface area contributed by atoms with Gasteiger partial charge >= 0.3 is 12.1 Å². The van der Waals surface area contributed by atoms with Crippen molar-refractivity contribution in [2.45, 2.75) is 11.4 Å². The zero-order chi connectivity index (χ0) is 17.9. The minimum absolute atomic E-state index is 0.384. The Morgan fingerprint density at radius 1 is 1.04 bits per heavy atom. The monoisotopic (exact) mass is 370 g/mol. The molecule has 0 aliphatic carbocycles. The molecule has 0 saturated heterocycles. The first-order valence-electron chi connectivity index (χ1n) is 6.82. The summed E-state index contributed by atoms with van der Waals surface area (Å²) in [6.07, 6.45) is -4.38. The Morgan fingerprint density at radius 2 is 1.54 bits per heavy atom. The Bertz CT molecular complexity index is 738. The average molecular weight is 370 g/mol. The van der Waals surface area contributed by atoms with E-state index in [1.165, 1.54) is 19.2 Å². The lowest BCUT2D eigenvalue weighted by atomic mass is 10.0. The van der Waals surface area contributed by atoms with Gasteiger partial charge in [0, 0.05) is 4.86 Å². The van der Waals surface area contributed by atoms with E-state index >= 15 is 0 Å². The zero-order valence-corrected chi connectivity index (χ0v) is 14.2. The first kappa shape index (κ1) is 18.5. The van der Waals surface area contributed by atoms with Crippen LogP contribution in [0.15, 0.2) is 48.5 Å². The van der Waals surface area contributed by atoms with Crippen LogP contribution in [0.25, 0.3) is 0 Å². The molecule has 126 valence electrons. The summed E-state index contributed by atoms with van der Waals surface area (Å²) in [7, 11) is 1.29. The highest BCUT2D eigenvalue weighted by atomic mass is 32.1. The van der Waals surface area contributed by atoms with Crippen LogP contribution in [-0.4, -0.2) is 17.9 Å². The molecule has 24 heavy (non-hydrogen) atoms. The fraction of sp³-hybridized carbons (Fsp3) is 0.176. The Balaban J connectivity index is 2.18. The number of thiol groups is 1. The van der Waals surface area contributed by atoms with E-state index < -0.39 is 23.0 Å². The van der Waals surface area contributed by atoms with Crippen molar-refractivity contribution in [2.75, 3.05) is 7.11 Å². The van der Waals surface area contributed by atoms with Crippen molar-refractivity contribution >= 4 is 35.7 Å². The number of halogens is 3. The standard InChI is InChI=1S/C17H13F3O2S2/c1-22-16(21)12-4-2-10(3-5-12)14(23)15(24)11-6-8-13(9-7-11)17(18,19)20/h2-9,15,24H,1H3. The van der Waals surface area contributed by atoms with Crippen LogP contribution in [0.5, 0.6) is 0 Å². The summed E-state index contributed by atoms with van der Waals surface area (Å²) in [6.45, 7) is 0. The molecule has 0 spiro atoms. The number of rotatable bonds is 4. The first-order chi connectivity index (χ1) is 11.2. The summed E-state index contributed by atoms with van der Waals surface area (Å²) in [4.78, 5) is 11.9. The molecule has 0 heterocycles. The van der Waals surface area contributed by atoms with Crippen LogP contribution in [0, 0.1) is 0 Å². The fourth-order valence-corrected chi connectivity index (χ4v) is 2.65. The van der Waals surface area contributed by atoms with E-state index in [1.807, 2.05) is 0 Å². The van der Waals surface area contributed by atoms with Gasteiger partial charge in [-0.15, -0.1) is 0 Å². The van der Waals surface area contributed by atoms with E-state index in [-0.39, 0.29) is 0 Å². The molecule has 2 aromatic rings. The van der Waals surface area contributed by atoms with E-state index in [4.69, 9.17) is 12.2 Å². The smallest absolute Gasteiger partial charge is 0.416 e. The van der Waals surface area contributed by atoms with Crippen LogP contribution < -0.4 is 0 Å². The maximum absolute atomic E-state index is 12.6. The second-order valence-electron chi connectivity index (χ2n) is 4.96. The zero-order valence-electron chi connectivity index (χ0n) is 12.5. The van der Waals surface area contributed by atoms with E-state index in [0.29, 0.717) is 21.6 Å². The SMILES string of the molecule is COC(=O)c1ccc(C(=S)C(S)c2ccc(C(F)(F)F)cc2)cc1. The van der Waals surface area contributed by atoms with Gasteiger partial charge in [0.15, 0.2) is 0 Å². The van der Waals surface area contributed by atoms with Gasteiger partial charge in [-0.3, -0.25) is 0 Å². The van der Waals surface area contributed by atoms with Gasteiger partial charge in [-0.25, -0.2) is 4.79 Å². The van der Waals surface area contributed by atoms with Crippen molar-refractivity contribution in [3.05, 3.63) is 70.8 Å². The molecule has 0 bridgehead atoms. The van der Waals surface area contributed by atoms with Gasteiger partial charge in [0.25, 0.3) is 0 Å². The molecule has 0 aromatic heterocycles. The number of esters is 1. The fourth-order valence-electron chi connectivity index (χ4n) is 2.05. The van der Waals surface area contributed by atoms with Crippen LogP contribution >= 0.6 is 24.8 Å². The van der Waals surface area contributed by atoms with Crippen molar-refractivity contribution in [1.82, 2.24) is 0 Å². The topological polar surface area (TPSA) is 26.3 Å². The van der Waals surface area contributed by atoms with E-state index in [9.17, 15) is 18.0 Å². The summed E-state index contributed by atoms with van der Waals surface area (Å²) in [6, 6.07) is 11.2. The van der Waals surface area contributed by atoms with Crippen LogP contribution in [0.4, 0.5) is 13.2 Å². The third kappa shape index (κ3) is 4.15. The number of hydrogen-bond acceptors (Lipinski definition) is 4. The summed E-state index contributed by atoms with van der Waals surface area (Å²) in [5.74, 6) is -0.461. The predicted octanol–water partition coefficient (Wildman–Crippen LogP) is 4.88. The Morgan fingerprint density at radius 3 is 2.00 bits per heavy atom. The number of benzene rings is 2. The van der Waals surface area contributed by atoms with Crippen molar-refractivity contribution in [1.29, 1.82) is 0 Å². The third-order valence-electron chi connectivity index (χ3n) is 3.39. The van der Waals surface area contributed by atoms with Gasteiger partial charge in [0.05, 0.1) is 23.5 Å². The molecular weight excluding hydrogens is 357 g/mol. The van der Waals surface area contributed by atoms with Gasteiger partial charge < -0.3 is 4.74 Å². The molecule has 2 nitrogen and oxygen atoms in total. The summed E-state index contributed by atoms with van der Waals surface area (Å²) < 4.78 is 42.4. The van der Waals surface area contributed by atoms with Crippen molar-refractivity contribution < 1.29 is 22.7 Å². The van der Waals surface area contributed by atoms with Crippen molar-refractivity contribution in [3.63, 3.8) is 0 Å². The van der Waals surface area contributed by atoms with Crippen LogP contribution in [0.2, 0.25) is 0 Å². The molecule has 2 rings (SSSR count). The molecule has 0 aliphatic heterocycles. The Hall–Kier alpha value is -1.86. The highest BCUT2D eigenvalue weighted by molar-refractivity contribution is 7.86. The lowest BCUT2D eigenvalue weighted by Gasteiger charge is -2.14. The molecule has 0 fully saturated rings. The van der Waals surface area contributed by atoms with E-state index in [1.54, 1.807) is 24.3 Å². The number of carbonyl (C=O) groups is 1. The Labute approximate surface area is 148 Å². The van der Waals surface area contributed by atoms with E-state index in [2.05, 4.69) is 17.4 Å². The third-order valence-corrected chi connectivity index (χ3v) is 4.60. The molecule has 0 aliphatic rings. The molecule has 7 heteroatoms. The highest BCUT2D eigenvalue weighted by Crippen LogP contribution is 2.32. The predicted molar refractivity (Wildman–Crippen MR) is 92.7 cm³/mol. The molecule has 0 N–H and O–H groups in total. The molecular formula is C17H13F3O2S2. The van der Waals surface area contributed by atoms with Gasteiger partial charge in [0.1, 0.15) is 0 Å². The number of methoxy groups -OCH3 is 1. The first-order valence-corrected chi connectivity index (χ1v) is 7.74. The van der Waals surface area contributed by atoms with Gasteiger partial charge in [-0.2, -0.15) is 25.8 Å². The normalized spacial score (nSPS) is 12.5.